The molecule has 5 N–H and O–H groups in total. The molecule has 3 rings (SSSR count). The number of benzene rings is 1. The molecule has 1 aromatic carbocycles. The molecule has 0 aliphatic heterocycles. The lowest BCUT2D eigenvalue weighted by molar-refractivity contribution is 0.0962. The molecule has 1 aromatic heterocycles. The van der Waals surface area contributed by atoms with Crippen LogP contribution >= 0.6 is 23.2 Å². The van der Waals surface area contributed by atoms with E-state index in [9.17, 15) is 4.79 Å². The van der Waals surface area contributed by atoms with E-state index in [0.717, 1.165) is 12.8 Å². The Bertz CT molecular complexity index is 808. The first-order chi connectivity index (χ1) is 13.0. The number of hydrazine groups is 1. The largest absolute Gasteiger partial charge is 0.393 e. The molecule has 1 aliphatic rings. The monoisotopic (exact) mass is 408 g/mol. The topological polar surface area (TPSA) is 105 Å². The maximum atomic E-state index is 12.3. The minimum Gasteiger partial charge on any atom is -0.393 e. The van der Waals surface area contributed by atoms with Crippen molar-refractivity contribution in [1.82, 2.24) is 15.4 Å². The minimum atomic E-state index is -0.423. The van der Waals surface area contributed by atoms with E-state index >= 15 is 0 Å². The summed E-state index contributed by atoms with van der Waals surface area (Å²) in [6, 6.07) is 4.99. The fraction of sp³-hybridized carbons (Fsp3) is 0.389. The molecule has 0 saturated heterocycles. The number of carbonyl (C=O) groups excluding carboxylic acids is 1. The number of halogens is 2. The molecule has 7 nitrogen and oxygen atoms in total. The number of nitrogens with zero attached hydrogens (tertiary/aromatic N) is 2. The molecule has 0 radical (unpaired) electrons. The van der Waals surface area contributed by atoms with Gasteiger partial charge in [0.1, 0.15) is 12.0 Å². The van der Waals surface area contributed by atoms with Crippen molar-refractivity contribution < 1.29 is 4.79 Å². The molecule has 144 valence electrons. The Morgan fingerprint density at radius 3 is 2.48 bits per heavy atom. The van der Waals surface area contributed by atoms with Crippen LogP contribution < -0.4 is 21.9 Å². The molecule has 2 aromatic rings. The zero-order valence-corrected chi connectivity index (χ0v) is 16.3. The van der Waals surface area contributed by atoms with Gasteiger partial charge in [-0.3, -0.25) is 15.6 Å². The number of nitrogen functional groups attached to an aromatic ring is 1. The van der Waals surface area contributed by atoms with Crippen LogP contribution in [0.3, 0.4) is 0 Å². The van der Waals surface area contributed by atoms with Crippen LogP contribution in [0.4, 0.5) is 17.3 Å². The van der Waals surface area contributed by atoms with E-state index in [2.05, 4.69) is 26.1 Å². The zero-order chi connectivity index (χ0) is 19.2. The van der Waals surface area contributed by atoms with Crippen LogP contribution in [-0.4, -0.2) is 21.9 Å². The predicted molar refractivity (Wildman–Crippen MR) is 109 cm³/mol. The van der Waals surface area contributed by atoms with E-state index in [1.165, 1.54) is 38.1 Å². The first kappa shape index (κ1) is 19.5. The van der Waals surface area contributed by atoms with Crippen LogP contribution in [0.25, 0.3) is 0 Å². The molecule has 1 amide bonds. The maximum Gasteiger partial charge on any atom is 0.271 e. The van der Waals surface area contributed by atoms with E-state index in [1.54, 1.807) is 12.1 Å². The molecule has 1 heterocycles. The smallest absolute Gasteiger partial charge is 0.271 e. The second-order valence-corrected chi connectivity index (χ2v) is 7.36. The first-order valence-corrected chi connectivity index (χ1v) is 9.68. The number of hydrogen-bond donors (Lipinski definition) is 4. The molecule has 1 fully saturated rings. The van der Waals surface area contributed by atoms with E-state index in [4.69, 9.17) is 28.9 Å². The van der Waals surface area contributed by atoms with E-state index in [-0.39, 0.29) is 10.6 Å². The van der Waals surface area contributed by atoms with Gasteiger partial charge in [-0.2, -0.15) is 0 Å². The van der Waals surface area contributed by atoms with Gasteiger partial charge in [-0.1, -0.05) is 48.9 Å². The van der Waals surface area contributed by atoms with Crippen LogP contribution in [0.2, 0.25) is 10.0 Å². The molecular formula is C18H22Cl2N6O. The Morgan fingerprint density at radius 2 is 1.78 bits per heavy atom. The number of aromatic nitrogens is 2. The Labute approximate surface area is 168 Å². The quantitative estimate of drug-likeness (QED) is 0.435. The normalized spacial score (nSPS) is 15.0. The lowest BCUT2D eigenvalue weighted by Gasteiger charge is -2.19. The van der Waals surface area contributed by atoms with Crippen molar-refractivity contribution in [3.8, 4) is 0 Å². The molecule has 1 saturated carbocycles. The number of amides is 1. The van der Waals surface area contributed by atoms with Crippen LogP contribution in [-0.2, 0) is 0 Å². The summed E-state index contributed by atoms with van der Waals surface area (Å²) in [7, 11) is 0. The van der Waals surface area contributed by atoms with Gasteiger partial charge < -0.3 is 11.1 Å². The van der Waals surface area contributed by atoms with Gasteiger partial charge in [-0.05, 0) is 31.0 Å². The Hall–Kier alpha value is -2.25. The third-order valence-electron chi connectivity index (χ3n) is 4.55. The lowest BCUT2D eigenvalue weighted by atomic mass is 10.1. The van der Waals surface area contributed by atoms with Crippen molar-refractivity contribution in [2.45, 2.75) is 44.6 Å². The SMILES string of the molecule is Nc1c(NNC(=O)c2ccc(Cl)cc2Cl)ncnc1NC1CCCCCC1. The summed E-state index contributed by atoms with van der Waals surface area (Å²) in [5, 5.41) is 4.11. The molecule has 0 unspecified atom stereocenters. The Morgan fingerprint density at radius 1 is 1.07 bits per heavy atom. The highest BCUT2D eigenvalue weighted by molar-refractivity contribution is 6.36. The Kier molecular flexibility index (Phi) is 6.58. The first-order valence-electron chi connectivity index (χ1n) is 8.93. The van der Waals surface area contributed by atoms with Crippen molar-refractivity contribution in [1.29, 1.82) is 0 Å². The number of nitrogens with one attached hydrogen (secondary N) is 3. The van der Waals surface area contributed by atoms with Gasteiger partial charge >= 0.3 is 0 Å². The highest BCUT2D eigenvalue weighted by Gasteiger charge is 2.16. The third-order valence-corrected chi connectivity index (χ3v) is 5.10. The predicted octanol–water partition coefficient (Wildman–Crippen LogP) is 4.26. The number of nitrogens with two attached hydrogens (primary N) is 1. The second kappa shape index (κ2) is 9.10. The number of rotatable bonds is 5. The van der Waals surface area contributed by atoms with Gasteiger partial charge in [0, 0.05) is 11.1 Å². The van der Waals surface area contributed by atoms with Crippen molar-refractivity contribution in [3.63, 3.8) is 0 Å². The average Bonchev–Trinajstić information content (AvgIpc) is 2.91. The number of hydrogen-bond acceptors (Lipinski definition) is 6. The highest BCUT2D eigenvalue weighted by atomic mass is 35.5. The van der Waals surface area contributed by atoms with Crippen molar-refractivity contribution in [2.75, 3.05) is 16.5 Å². The summed E-state index contributed by atoms with van der Waals surface area (Å²) in [5.41, 5.74) is 12.1. The van der Waals surface area contributed by atoms with Crippen LogP contribution in [0, 0.1) is 0 Å². The summed E-state index contributed by atoms with van der Waals surface area (Å²) in [5.74, 6) is 0.464. The second-order valence-electron chi connectivity index (χ2n) is 6.52. The summed E-state index contributed by atoms with van der Waals surface area (Å²) in [6.07, 6.45) is 8.53. The Balaban J connectivity index is 1.65. The molecule has 0 bridgehead atoms. The molecule has 0 spiro atoms. The van der Waals surface area contributed by atoms with Gasteiger partial charge in [-0.15, -0.1) is 0 Å². The number of anilines is 3. The van der Waals surface area contributed by atoms with Crippen LogP contribution in [0.1, 0.15) is 48.9 Å². The van der Waals surface area contributed by atoms with E-state index in [0.29, 0.717) is 28.4 Å². The lowest BCUT2D eigenvalue weighted by Crippen LogP contribution is -2.31. The molecular weight excluding hydrogens is 387 g/mol. The van der Waals surface area contributed by atoms with Gasteiger partial charge in [0.05, 0.1) is 10.6 Å². The van der Waals surface area contributed by atoms with Gasteiger partial charge in [0.2, 0.25) is 0 Å². The van der Waals surface area contributed by atoms with Crippen LogP contribution in [0.15, 0.2) is 24.5 Å². The molecule has 27 heavy (non-hydrogen) atoms. The average molecular weight is 409 g/mol. The molecule has 1 aliphatic carbocycles. The summed E-state index contributed by atoms with van der Waals surface area (Å²) >= 11 is 11.9. The van der Waals surface area contributed by atoms with Crippen molar-refractivity contribution in [3.05, 3.63) is 40.1 Å². The third kappa shape index (κ3) is 5.14. The van der Waals surface area contributed by atoms with E-state index in [1.807, 2.05) is 0 Å². The highest BCUT2D eigenvalue weighted by Crippen LogP contribution is 2.26. The molecule has 0 atom stereocenters. The van der Waals surface area contributed by atoms with Crippen molar-refractivity contribution in [2.24, 2.45) is 0 Å². The summed E-state index contributed by atoms with van der Waals surface area (Å²) in [6.45, 7) is 0. The molecule has 9 heteroatoms. The standard InChI is InChI=1S/C18H22Cl2N6O/c19-11-7-8-13(14(20)9-11)18(27)26-25-17-15(21)16(22-10-23-17)24-12-5-3-1-2-4-6-12/h7-10,12H,1-6,21H2,(H,26,27)(H2,22,23,24,25). The summed E-state index contributed by atoms with van der Waals surface area (Å²) < 4.78 is 0. The maximum absolute atomic E-state index is 12.3. The minimum absolute atomic E-state index is 0.258. The van der Waals surface area contributed by atoms with Gasteiger partial charge in [0.15, 0.2) is 11.6 Å². The summed E-state index contributed by atoms with van der Waals surface area (Å²) in [4.78, 5) is 20.6. The fourth-order valence-corrected chi connectivity index (χ4v) is 3.58. The van der Waals surface area contributed by atoms with Crippen molar-refractivity contribution >= 4 is 46.4 Å². The van der Waals surface area contributed by atoms with E-state index < -0.39 is 5.91 Å². The number of carbonyl (C=O) groups is 1. The fourth-order valence-electron chi connectivity index (χ4n) is 3.08. The van der Waals surface area contributed by atoms with Crippen LogP contribution in [0.5, 0.6) is 0 Å². The van der Waals surface area contributed by atoms with Gasteiger partial charge in [-0.25, -0.2) is 9.97 Å². The van der Waals surface area contributed by atoms with Gasteiger partial charge in [0.25, 0.3) is 5.91 Å². The zero-order valence-electron chi connectivity index (χ0n) is 14.8.